The van der Waals surface area contributed by atoms with Crippen LogP contribution in [-0.2, 0) is 14.8 Å². The molecule has 0 spiro atoms. The maximum atomic E-state index is 14.8. The predicted octanol–water partition coefficient (Wildman–Crippen LogP) is 8.78. The topological polar surface area (TPSA) is 76.4 Å². The average Bonchev–Trinajstić information content (AvgIpc) is 3.70. The van der Waals surface area contributed by atoms with Crippen LogP contribution in [0.2, 0.25) is 10.0 Å². The summed E-state index contributed by atoms with van der Waals surface area (Å²) < 4.78 is 71.0. The second kappa shape index (κ2) is 10.5. The van der Waals surface area contributed by atoms with Crippen molar-refractivity contribution in [3.8, 4) is 22.4 Å². The summed E-state index contributed by atoms with van der Waals surface area (Å²) in [4.78, 5) is 11.3. The van der Waals surface area contributed by atoms with E-state index in [0.29, 0.717) is 17.5 Å². The highest BCUT2D eigenvalue weighted by atomic mass is 35.5. The lowest BCUT2D eigenvalue weighted by molar-refractivity contribution is -0.138. The molecule has 214 valence electrons. The van der Waals surface area contributed by atoms with Gasteiger partial charge in [-0.3, -0.25) is 4.79 Å². The zero-order chi connectivity index (χ0) is 29.9. The molecule has 6 rings (SSSR count). The van der Waals surface area contributed by atoms with Crippen molar-refractivity contribution in [2.24, 2.45) is 5.92 Å². The van der Waals surface area contributed by atoms with Crippen LogP contribution in [0.25, 0.3) is 33.3 Å². The van der Waals surface area contributed by atoms with E-state index in [9.17, 15) is 31.5 Å². The van der Waals surface area contributed by atoms with Crippen LogP contribution in [0.5, 0.6) is 0 Å². The Labute approximate surface area is 248 Å². The van der Waals surface area contributed by atoms with Gasteiger partial charge in [-0.1, -0.05) is 59.6 Å². The van der Waals surface area contributed by atoms with Crippen molar-refractivity contribution in [3.63, 3.8) is 0 Å². The standard InChI is InChI=1S/C31H20Cl2F3NO4S/c32-24-5-2-6-25(33)28(24)27-23-14-19(34)9-12-26(23)37(42(40,41)20-10-7-16(8-11-20)30(35)36)29(27)18-4-1-3-17(13-18)21-15-22(21)31(38)39/h1-14,21-22,30H,15H2,(H,38,39). The number of fused-ring (bicyclic) bond motifs is 1. The minimum atomic E-state index is -4.49. The van der Waals surface area contributed by atoms with Crippen LogP contribution < -0.4 is 0 Å². The average molecular weight is 630 g/mol. The molecule has 0 bridgehead atoms. The fourth-order valence-electron chi connectivity index (χ4n) is 5.38. The van der Waals surface area contributed by atoms with Gasteiger partial charge in [0.1, 0.15) is 5.82 Å². The van der Waals surface area contributed by atoms with Crippen LogP contribution >= 0.6 is 23.2 Å². The molecule has 42 heavy (non-hydrogen) atoms. The van der Waals surface area contributed by atoms with Gasteiger partial charge >= 0.3 is 5.97 Å². The van der Waals surface area contributed by atoms with Gasteiger partial charge < -0.3 is 5.11 Å². The zero-order valence-corrected chi connectivity index (χ0v) is 23.8. The summed E-state index contributed by atoms with van der Waals surface area (Å²) in [6, 6.07) is 19.5. The molecule has 1 aliphatic rings. The summed E-state index contributed by atoms with van der Waals surface area (Å²) in [6.45, 7) is 0. The number of carboxylic acid groups (broad SMARTS) is 1. The summed E-state index contributed by atoms with van der Waals surface area (Å²) in [6.07, 6.45) is -2.35. The van der Waals surface area contributed by atoms with E-state index in [1.54, 1.807) is 42.5 Å². The van der Waals surface area contributed by atoms with Gasteiger partial charge in [0.25, 0.3) is 16.4 Å². The molecule has 1 heterocycles. The van der Waals surface area contributed by atoms with Crippen LogP contribution in [0.3, 0.4) is 0 Å². The molecule has 5 nitrogen and oxygen atoms in total. The maximum absolute atomic E-state index is 14.8. The van der Waals surface area contributed by atoms with Gasteiger partial charge in [0.2, 0.25) is 0 Å². The van der Waals surface area contributed by atoms with Gasteiger partial charge in [0.15, 0.2) is 0 Å². The first-order valence-corrected chi connectivity index (χ1v) is 14.9. The first-order valence-electron chi connectivity index (χ1n) is 12.7. The highest BCUT2D eigenvalue weighted by Gasteiger charge is 2.44. The van der Waals surface area contributed by atoms with Crippen molar-refractivity contribution in [1.29, 1.82) is 0 Å². The van der Waals surface area contributed by atoms with Crippen molar-refractivity contribution >= 4 is 50.1 Å². The molecule has 1 aliphatic carbocycles. The molecule has 0 amide bonds. The van der Waals surface area contributed by atoms with Gasteiger partial charge in [0.05, 0.1) is 22.0 Å². The van der Waals surface area contributed by atoms with Gasteiger partial charge in [-0.25, -0.2) is 25.6 Å². The molecule has 2 unspecified atom stereocenters. The number of carboxylic acids is 1. The predicted molar refractivity (Wildman–Crippen MR) is 155 cm³/mol. The molecular formula is C31H20Cl2F3NO4S. The smallest absolute Gasteiger partial charge is 0.307 e. The number of benzene rings is 4. The van der Waals surface area contributed by atoms with Crippen molar-refractivity contribution in [1.82, 2.24) is 3.97 Å². The van der Waals surface area contributed by atoms with Gasteiger partial charge in [0, 0.05) is 37.7 Å². The molecule has 1 saturated carbocycles. The summed E-state index contributed by atoms with van der Waals surface area (Å²) in [5.74, 6) is -2.38. The molecule has 0 radical (unpaired) electrons. The van der Waals surface area contributed by atoms with E-state index in [4.69, 9.17) is 23.2 Å². The largest absolute Gasteiger partial charge is 0.481 e. The minimum Gasteiger partial charge on any atom is -0.481 e. The Hall–Kier alpha value is -3.79. The normalized spacial score (nSPS) is 16.7. The third-order valence-corrected chi connectivity index (χ3v) is 9.82. The Morgan fingerprint density at radius 3 is 2.19 bits per heavy atom. The summed E-state index contributed by atoms with van der Waals surface area (Å²) in [7, 11) is -4.49. The highest BCUT2D eigenvalue weighted by Crippen LogP contribution is 2.51. The molecular weight excluding hydrogens is 610 g/mol. The Balaban J connectivity index is 1.71. The van der Waals surface area contributed by atoms with E-state index >= 15 is 0 Å². The number of aliphatic carboxylic acids is 1. The Bertz CT molecular complexity index is 1970. The van der Waals surface area contributed by atoms with E-state index in [-0.39, 0.29) is 54.1 Å². The minimum absolute atomic E-state index is 0.107. The molecule has 2 atom stereocenters. The number of hydrogen-bond donors (Lipinski definition) is 1. The number of hydrogen-bond acceptors (Lipinski definition) is 3. The first-order chi connectivity index (χ1) is 20.0. The summed E-state index contributed by atoms with van der Waals surface area (Å²) >= 11 is 13.2. The van der Waals surface area contributed by atoms with Crippen molar-refractivity contribution in [2.75, 3.05) is 0 Å². The molecule has 1 aromatic heterocycles. The van der Waals surface area contributed by atoms with E-state index in [2.05, 4.69) is 0 Å². The molecule has 0 aliphatic heterocycles. The van der Waals surface area contributed by atoms with E-state index in [1.807, 2.05) is 0 Å². The third kappa shape index (κ3) is 4.75. The number of aromatic nitrogens is 1. The molecule has 5 aromatic rings. The highest BCUT2D eigenvalue weighted by molar-refractivity contribution is 7.90. The number of rotatable bonds is 7. The monoisotopic (exact) mass is 629 g/mol. The SMILES string of the molecule is O=C(O)C1CC1c1cccc(-c2c(-c3c(Cl)cccc3Cl)c3cc(F)ccc3n2S(=O)(=O)c2ccc(C(F)F)cc2)c1. The number of nitrogens with zero attached hydrogens (tertiary/aromatic N) is 1. The van der Waals surface area contributed by atoms with E-state index < -0.39 is 34.2 Å². The molecule has 11 heteroatoms. The quantitative estimate of drug-likeness (QED) is 0.195. The molecule has 1 fully saturated rings. The number of carbonyl (C=O) groups is 1. The second-order valence-electron chi connectivity index (χ2n) is 10.0. The third-order valence-electron chi connectivity index (χ3n) is 7.47. The Kier molecular flexibility index (Phi) is 7.07. The zero-order valence-electron chi connectivity index (χ0n) is 21.4. The maximum Gasteiger partial charge on any atom is 0.307 e. The first kappa shape index (κ1) is 28.3. The summed E-state index contributed by atoms with van der Waals surface area (Å²) in [5.41, 5.74) is 1.47. The van der Waals surface area contributed by atoms with Crippen molar-refractivity contribution in [3.05, 3.63) is 112 Å². The van der Waals surface area contributed by atoms with Crippen LogP contribution in [0.1, 0.15) is 29.9 Å². The fraction of sp³-hybridized carbons (Fsp3) is 0.129. The van der Waals surface area contributed by atoms with Crippen molar-refractivity contribution in [2.45, 2.75) is 23.7 Å². The van der Waals surface area contributed by atoms with Gasteiger partial charge in [-0.15, -0.1) is 0 Å². The molecule has 0 saturated heterocycles. The van der Waals surface area contributed by atoms with Crippen LogP contribution in [-0.4, -0.2) is 23.5 Å². The van der Waals surface area contributed by atoms with E-state index in [0.717, 1.165) is 34.3 Å². The van der Waals surface area contributed by atoms with Crippen LogP contribution in [0.15, 0.2) is 89.8 Å². The van der Waals surface area contributed by atoms with Gasteiger partial charge in [-0.2, -0.15) is 0 Å². The van der Waals surface area contributed by atoms with E-state index in [1.165, 1.54) is 12.1 Å². The molecule has 1 N–H and O–H groups in total. The number of halogens is 5. The number of alkyl halides is 2. The van der Waals surface area contributed by atoms with Gasteiger partial charge in [-0.05, 0) is 66.4 Å². The molecule has 4 aromatic carbocycles. The summed E-state index contributed by atoms with van der Waals surface area (Å²) in [5, 5.41) is 10.1. The van der Waals surface area contributed by atoms with Crippen LogP contribution in [0, 0.1) is 11.7 Å². The van der Waals surface area contributed by atoms with Crippen LogP contribution in [0.4, 0.5) is 13.2 Å². The lowest BCUT2D eigenvalue weighted by atomic mass is 9.96. The second-order valence-corrected chi connectivity index (χ2v) is 12.6. The fourth-order valence-corrected chi connectivity index (χ4v) is 7.51. The Morgan fingerprint density at radius 2 is 1.57 bits per heavy atom. The lowest BCUT2D eigenvalue weighted by Gasteiger charge is -2.16. The van der Waals surface area contributed by atoms with Crippen molar-refractivity contribution < 1.29 is 31.5 Å². The Morgan fingerprint density at radius 1 is 0.905 bits per heavy atom. The lowest BCUT2D eigenvalue weighted by Crippen LogP contribution is -2.14.